The van der Waals surface area contributed by atoms with Gasteiger partial charge in [-0.05, 0) is 17.7 Å². The highest BCUT2D eigenvalue weighted by Crippen LogP contribution is 2.37. The van der Waals surface area contributed by atoms with Gasteiger partial charge < -0.3 is 14.8 Å². The van der Waals surface area contributed by atoms with E-state index in [2.05, 4.69) is 21.2 Å². The molecule has 1 amide bonds. The van der Waals surface area contributed by atoms with E-state index in [0.29, 0.717) is 35.4 Å². The highest BCUT2D eigenvalue weighted by molar-refractivity contribution is 9.10. The Kier molecular flexibility index (Phi) is 4.55. The van der Waals surface area contributed by atoms with Crippen LogP contribution in [0.25, 0.3) is 0 Å². The van der Waals surface area contributed by atoms with Gasteiger partial charge in [0.2, 0.25) is 5.91 Å². The molecule has 6 heteroatoms. The average Bonchev–Trinajstić information content (AvgIpc) is 2.50. The Labute approximate surface area is 141 Å². The molecular formula is C16H13BrClNO3. The van der Waals surface area contributed by atoms with Gasteiger partial charge >= 0.3 is 0 Å². The summed E-state index contributed by atoms with van der Waals surface area (Å²) >= 11 is 9.54. The van der Waals surface area contributed by atoms with Crippen LogP contribution in [0.4, 0.5) is 5.69 Å². The molecule has 22 heavy (non-hydrogen) atoms. The van der Waals surface area contributed by atoms with Gasteiger partial charge in [0.05, 0.1) is 17.1 Å². The molecule has 1 N–H and O–H groups in total. The van der Waals surface area contributed by atoms with Crippen molar-refractivity contribution in [1.29, 1.82) is 0 Å². The minimum atomic E-state index is -0.138. The number of anilines is 1. The highest BCUT2D eigenvalue weighted by atomic mass is 79.9. The van der Waals surface area contributed by atoms with Crippen LogP contribution in [0.15, 0.2) is 40.9 Å². The van der Waals surface area contributed by atoms with Gasteiger partial charge in [-0.3, -0.25) is 4.79 Å². The van der Waals surface area contributed by atoms with Crippen LogP contribution in [0.2, 0.25) is 5.02 Å². The second-order valence-corrected chi connectivity index (χ2v) is 6.15. The van der Waals surface area contributed by atoms with Crippen LogP contribution in [0.3, 0.4) is 0 Å². The van der Waals surface area contributed by atoms with E-state index in [1.54, 1.807) is 12.1 Å². The molecule has 0 bridgehead atoms. The van der Waals surface area contributed by atoms with Crippen molar-refractivity contribution in [2.75, 3.05) is 18.5 Å². The Bertz CT molecular complexity index is 703. The Hall–Kier alpha value is -1.72. The molecule has 2 aromatic rings. The quantitative estimate of drug-likeness (QED) is 0.871. The van der Waals surface area contributed by atoms with E-state index in [-0.39, 0.29) is 12.3 Å². The summed E-state index contributed by atoms with van der Waals surface area (Å²) in [5.41, 5.74) is 1.45. The molecule has 0 fully saturated rings. The van der Waals surface area contributed by atoms with Crippen molar-refractivity contribution in [2.45, 2.75) is 6.42 Å². The van der Waals surface area contributed by atoms with Crippen molar-refractivity contribution in [3.63, 3.8) is 0 Å². The molecule has 114 valence electrons. The SMILES string of the molecule is O=C(Cc1ccc(Br)cc1)Nc1cc2c(cc1Cl)OCCO2. The Balaban J connectivity index is 1.72. The van der Waals surface area contributed by atoms with E-state index in [0.717, 1.165) is 10.0 Å². The first-order valence-electron chi connectivity index (χ1n) is 6.75. The number of carbonyl (C=O) groups is 1. The normalized spacial score (nSPS) is 12.8. The summed E-state index contributed by atoms with van der Waals surface area (Å²) in [6, 6.07) is 10.9. The van der Waals surface area contributed by atoms with Crippen LogP contribution in [-0.4, -0.2) is 19.1 Å². The molecule has 1 aliphatic heterocycles. The molecule has 1 heterocycles. The third kappa shape index (κ3) is 3.54. The molecule has 0 saturated carbocycles. The molecule has 0 aliphatic carbocycles. The summed E-state index contributed by atoms with van der Waals surface area (Å²) in [5, 5.41) is 3.23. The molecule has 0 unspecified atom stereocenters. The molecule has 0 spiro atoms. The smallest absolute Gasteiger partial charge is 0.228 e. The molecule has 2 aromatic carbocycles. The predicted molar refractivity (Wildman–Crippen MR) is 88.9 cm³/mol. The Morgan fingerprint density at radius 1 is 1.14 bits per heavy atom. The third-order valence-electron chi connectivity index (χ3n) is 3.18. The van der Waals surface area contributed by atoms with Crippen molar-refractivity contribution >= 4 is 39.1 Å². The maximum absolute atomic E-state index is 12.1. The van der Waals surface area contributed by atoms with Crippen LogP contribution in [0, 0.1) is 0 Å². The fourth-order valence-electron chi connectivity index (χ4n) is 2.14. The predicted octanol–water partition coefficient (Wildman–Crippen LogP) is 4.05. The van der Waals surface area contributed by atoms with E-state index in [4.69, 9.17) is 21.1 Å². The second-order valence-electron chi connectivity index (χ2n) is 4.83. The number of rotatable bonds is 3. The van der Waals surface area contributed by atoms with Crippen molar-refractivity contribution in [3.05, 3.63) is 51.5 Å². The minimum Gasteiger partial charge on any atom is -0.486 e. The molecular weight excluding hydrogens is 370 g/mol. The van der Waals surface area contributed by atoms with E-state index < -0.39 is 0 Å². The number of benzene rings is 2. The summed E-state index contributed by atoms with van der Waals surface area (Å²) in [6.07, 6.45) is 0.276. The molecule has 4 nitrogen and oxygen atoms in total. The van der Waals surface area contributed by atoms with Crippen LogP contribution >= 0.6 is 27.5 Å². The zero-order valence-corrected chi connectivity index (χ0v) is 13.9. The van der Waals surface area contributed by atoms with Crippen molar-refractivity contribution < 1.29 is 14.3 Å². The molecule has 3 rings (SSSR count). The molecule has 0 saturated heterocycles. The van der Waals surface area contributed by atoms with Gasteiger partial charge in [-0.2, -0.15) is 0 Å². The van der Waals surface area contributed by atoms with Gasteiger partial charge in [-0.1, -0.05) is 39.7 Å². The van der Waals surface area contributed by atoms with Crippen LogP contribution in [0.1, 0.15) is 5.56 Å². The van der Waals surface area contributed by atoms with Gasteiger partial charge in [0, 0.05) is 16.6 Å². The molecule has 0 atom stereocenters. The number of halogens is 2. The number of nitrogens with one attached hydrogen (secondary N) is 1. The first-order chi connectivity index (χ1) is 10.6. The number of hydrogen-bond donors (Lipinski definition) is 1. The maximum Gasteiger partial charge on any atom is 0.228 e. The zero-order chi connectivity index (χ0) is 15.5. The number of fused-ring (bicyclic) bond motifs is 1. The third-order valence-corrected chi connectivity index (χ3v) is 4.03. The monoisotopic (exact) mass is 381 g/mol. The lowest BCUT2D eigenvalue weighted by Crippen LogP contribution is -2.17. The molecule has 1 aliphatic rings. The number of hydrogen-bond acceptors (Lipinski definition) is 3. The fourth-order valence-corrected chi connectivity index (χ4v) is 2.61. The van der Waals surface area contributed by atoms with E-state index in [9.17, 15) is 4.79 Å². The fraction of sp³-hybridized carbons (Fsp3) is 0.188. The number of amides is 1. The van der Waals surface area contributed by atoms with Gasteiger partial charge in [-0.15, -0.1) is 0 Å². The van der Waals surface area contributed by atoms with Crippen molar-refractivity contribution in [3.8, 4) is 11.5 Å². The summed E-state index contributed by atoms with van der Waals surface area (Å²) < 4.78 is 11.9. The number of carbonyl (C=O) groups excluding carboxylic acids is 1. The Morgan fingerprint density at radius 2 is 1.77 bits per heavy atom. The topological polar surface area (TPSA) is 47.6 Å². The summed E-state index contributed by atoms with van der Waals surface area (Å²) in [5.74, 6) is 1.05. The van der Waals surface area contributed by atoms with Crippen molar-refractivity contribution in [2.24, 2.45) is 0 Å². The summed E-state index contributed by atoms with van der Waals surface area (Å²) in [7, 11) is 0. The second kappa shape index (κ2) is 6.58. The van der Waals surface area contributed by atoms with Crippen molar-refractivity contribution in [1.82, 2.24) is 0 Å². The van der Waals surface area contributed by atoms with E-state index in [1.165, 1.54) is 0 Å². The van der Waals surface area contributed by atoms with E-state index >= 15 is 0 Å². The zero-order valence-electron chi connectivity index (χ0n) is 11.6. The van der Waals surface area contributed by atoms with Crippen LogP contribution in [-0.2, 0) is 11.2 Å². The van der Waals surface area contributed by atoms with Gasteiger partial charge in [0.25, 0.3) is 0 Å². The largest absolute Gasteiger partial charge is 0.486 e. The lowest BCUT2D eigenvalue weighted by atomic mass is 10.1. The van der Waals surface area contributed by atoms with Gasteiger partial charge in [0.1, 0.15) is 13.2 Å². The first kappa shape index (κ1) is 15.2. The average molecular weight is 383 g/mol. The number of ether oxygens (including phenoxy) is 2. The summed E-state index contributed by atoms with van der Waals surface area (Å²) in [6.45, 7) is 0.986. The maximum atomic E-state index is 12.1. The Morgan fingerprint density at radius 3 is 2.45 bits per heavy atom. The van der Waals surface area contributed by atoms with Crippen LogP contribution in [0.5, 0.6) is 11.5 Å². The first-order valence-corrected chi connectivity index (χ1v) is 7.92. The summed E-state index contributed by atoms with van der Waals surface area (Å²) in [4.78, 5) is 12.1. The van der Waals surface area contributed by atoms with Gasteiger partial charge in [-0.25, -0.2) is 0 Å². The van der Waals surface area contributed by atoms with E-state index in [1.807, 2.05) is 24.3 Å². The standard InChI is InChI=1S/C16H13BrClNO3/c17-11-3-1-10(2-4-11)7-16(20)19-13-9-15-14(8-12(13)18)21-5-6-22-15/h1-4,8-9H,5-7H2,(H,19,20). The van der Waals surface area contributed by atoms with Gasteiger partial charge in [0.15, 0.2) is 11.5 Å². The lowest BCUT2D eigenvalue weighted by Gasteiger charge is -2.20. The highest BCUT2D eigenvalue weighted by Gasteiger charge is 2.16. The molecule has 0 aromatic heterocycles. The van der Waals surface area contributed by atoms with Crippen LogP contribution < -0.4 is 14.8 Å². The minimum absolute atomic E-state index is 0.138. The molecule has 0 radical (unpaired) electrons. The lowest BCUT2D eigenvalue weighted by molar-refractivity contribution is -0.115.